The molecular weight excluding hydrogens is 421 g/mol. The van der Waals surface area contributed by atoms with Gasteiger partial charge in [0.15, 0.2) is 11.5 Å². The molecule has 112 valence electrons. The van der Waals surface area contributed by atoms with E-state index < -0.39 is 0 Å². The van der Waals surface area contributed by atoms with E-state index in [0.29, 0.717) is 23.1 Å². The fourth-order valence-electron chi connectivity index (χ4n) is 1.84. The molecule has 0 saturated carbocycles. The second-order valence-corrected chi connectivity index (χ2v) is 6.40. The Morgan fingerprint density at radius 1 is 1.00 bits per heavy atom. The SMILES string of the molecule is COc1cc(Cl)c(NCc2ccc(Br)c(Br)c2)cc1OC. The van der Waals surface area contributed by atoms with Gasteiger partial charge in [-0.15, -0.1) is 0 Å². The molecule has 0 aromatic heterocycles. The van der Waals surface area contributed by atoms with Crippen molar-refractivity contribution < 1.29 is 9.47 Å². The second kappa shape index (κ2) is 7.38. The van der Waals surface area contributed by atoms with Crippen LogP contribution >= 0.6 is 43.5 Å². The van der Waals surface area contributed by atoms with Crippen molar-refractivity contribution in [3.63, 3.8) is 0 Å². The van der Waals surface area contributed by atoms with Gasteiger partial charge in [-0.3, -0.25) is 0 Å². The molecule has 0 atom stereocenters. The molecule has 0 fully saturated rings. The number of nitrogens with one attached hydrogen (secondary N) is 1. The summed E-state index contributed by atoms with van der Waals surface area (Å²) in [6, 6.07) is 9.65. The first-order valence-corrected chi connectivity index (χ1v) is 8.11. The molecule has 0 aliphatic heterocycles. The average Bonchev–Trinajstić information content (AvgIpc) is 2.49. The summed E-state index contributed by atoms with van der Waals surface area (Å²) in [5.41, 5.74) is 1.93. The molecule has 2 aromatic carbocycles. The molecule has 0 saturated heterocycles. The van der Waals surface area contributed by atoms with Crippen molar-refractivity contribution in [3.8, 4) is 11.5 Å². The third-order valence-corrected chi connectivity index (χ3v) is 5.13. The summed E-state index contributed by atoms with van der Waals surface area (Å²) < 4.78 is 12.5. The Bertz CT molecular complexity index is 650. The van der Waals surface area contributed by atoms with E-state index in [2.05, 4.69) is 37.2 Å². The van der Waals surface area contributed by atoms with Crippen LogP contribution in [0.1, 0.15) is 5.56 Å². The zero-order valence-electron chi connectivity index (χ0n) is 11.5. The summed E-state index contributed by atoms with van der Waals surface area (Å²) >= 11 is 13.2. The van der Waals surface area contributed by atoms with Gasteiger partial charge >= 0.3 is 0 Å². The highest BCUT2D eigenvalue weighted by Crippen LogP contribution is 2.36. The Morgan fingerprint density at radius 2 is 1.67 bits per heavy atom. The molecule has 2 aromatic rings. The van der Waals surface area contributed by atoms with Crippen LogP contribution in [0.15, 0.2) is 39.3 Å². The Morgan fingerprint density at radius 3 is 2.29 bits per heavy atom. The minimum atomic E-state index is 0.587. The van der Waals surface area contributed by atoms with Gasteiger partial charge in [0.2, 0.25) is 0 Å². The van der Waals surface area contributed by atoms with Crippen LogP contribution in [0.25, 0.3) is 0 Å². The van der Waals surface area contributed by atoms with E-state index >= 15 is 0 Å². The summed E-state index contributed by atoms with van der Waals surface area (Å²) in [5.74, 6) is 1.25. The number of halogens is 3. The van der Waals surface area contributed by atoms with Crippen LogP contribution in [0.4, 0.5) is 5.69 Å². The molecule has 2 rings (SSSR count). The van der Waals surface area contributed by atoms with Crippen LogP contribution in [0.3, 0.4) is 0 Å². The van der Waals surface area contributed by atoms with Crippen molar-refractivity contribution in [2.45, 2.75) is 6.54 Å². The first-order chi connectivity index (χ1) is 10.0. The molecule has 0 spiro atoms. The average molecular weight is 436 g/mol. The van der Waals surface area contributed by atoms with Crippen LogP contribution in [0.5, 0.6) is 11.5 Å². The zero-order chi connectivity index (χ0) is 15.4. The number of anilines is 1. The Balaban J connectivity index is 2.17. The van der Waals surface area contributed by atoms with Crippen molar-refractivity contribution in [1.82, 2.24) is 0 Å². The van der Waals surface area contributed by atoms with Gasteiger partial charge in [-0.1, -0.05) is 17.7 Å². The normalized spacial score (nSPS) is 10.3. The summed E-state index contributed by atoms with van der Waals surface area (Å²) in [5, 5.41) is 3.89. The smallest absolute Gasteiger partial charge is 0.162 e. The zero-order valence-corrected chi connectivity index (χ0v) is 15.5. The molecule has 0 aliphatic carbocycles. The van der Waals surface area contributed by atoms with E-state index in [1.165, 1.54) is 0 Å². The van der Waals surface area contributed by atoms with Crippen molar-refractivity contribution in [1.29, 1.82) is 0 Å². The van der Waals surface area contributed by atoms with Gasteiger partial charge in [-0.2, -0.15) is 0 Å². The highest BCUT2D eigenvalue weighted by atomic mass is 79.9. The Hall–Kier alpha value is -0.910. The minimum Gasteiger partial charge on any atom is -0.493 e. The molecule has 6 heteroatoms. The van der Waals surface area contributed by atoms with Crippen molar-refractivity contribution >= 4 is 49.1 Å². The third-order valence-electron chi connectivity index (χ3n) is 2.94. The lowest BCUT2D eigenvalue weighted by atomic mass is 10.2. The molecule has 1 N–H and O–H groups in total. The highest BCUT2D eigenvalue weighted by Gasteiger charge is 2.09. The molecule has 0 bridgehead atoms. The highest BCUT2D eigenvalue weighted by molar-refractivity contribution is 9.13. The van der Waals surface area contributed by atoms with Crippen LogP contribution in [0, 0.1) is 0 Å². The predicted molar refractivity (Wildman–Crippen MR) is 93.7 cm³/mol. The maximum Gasteiger partial charge on any atom is 0.162 e. The third kappa shape index (κ3) is 4.05. The molecule has 0 radical (unpaired) electrons. The van der Waals surface area contributed by atoms with E-state index in [9.17, 15) is 0 Å². The monoisotopic (exact) mass is 433 g/mol. The number of hydrogen-bond donors (Lipinski definition) is 1. The molecule has 0 aliphatic rings. The molecule has 21 heavy (non-hydrogen) atoms. The number of rotatable bonds is 5. The van der Waals surface area contributed by atoms with Crippen LogP contribution in [-0.2, 0) is 6.54 Å². The van der Waals surface area contributed by atoms with E-state index in [1.807, 2.05) is 24.3 Å². The van der Waals surface area contributed by atoms with Crippen molar-refractivity contribution in [2.24, 2.45) is 0 Å². The van der Waals surface area contributed by atoms with E-state index in [4.69, 9.17) is 21.1 Å². The lowest BCUT2D eigenvalue weighted by molar-refractivity contribution is 0.355. The van der Waals surface area contributed by atoms with Gasteiger partial charge < -0.3 is 14.8 Å². The van der Waals surface area contributed by atoms with Gasteiger partial charge in [0.25, 0.3) is 0 Å². The van der Waals surface area contributed by atoms with E-state index in [1.54, 1.807) is 20.3 Å². The number of hydrogen-bond acceptors (Lipinski definition) is 3. The molecule has 0 unspecified atom stereocenters. The van der Waals surface area contributed by atoms with Crippen molar-refractivity contribution in [2.75, 3.05) is 19.5 Å². The number of ether oxygens (including phenoxy) is 2. The number of methoxy groups -OCH3 is 2. The maximum absolute atomic E-state index is 6.25. The quantitative estimate of drug-likeness (QED) is 0.673. The lowest BCUT2D eigenvalue weighted by Gasteiger charge is -2.13. The fraction of sp³-hybridized carbons (Fsp3) is 0.200. The second-order valence-electron chi connectivity index (χ2n) is 4.29. The predicted octanol–water partition coefficient (Wildman–Crippen LogP) is 5.49. The van der Waals surface area contributed by atoms with Gasteiger partial charge in [-0.05, 0) is 49.6 Å². The summed E-state index contributed by atoms with van der Waals surface area (Å²) in [6.07, 6.45) is 0. The van der Waals surface area contributed by atoms with Gasteiger partial charge in [-0.25, -0.2) is 0 Å². The van der Waals surface area contributed by atoms with Gasteiger partial charge in [0.05, 0.1) is 24.9 Å². The summed E-state index contributed by atoms with van der Waals surface area (Å²) in [7, 11) is 3.18. The van der Waals surface area contributed by atoms with Gasteiger partial charge in [0, 0.05) is 27.6 Å². The lowest BCUT2D eigenvalue weighted by Crippen LogP contribution is -2.01. The Kier molecular flexibility index (Phi) is 5.79. The fourth-order valence-corrected chi connectivity index (χ4v) is 2.73. The summed E-state index contributed by atoms with van der Waals surface area (Å²) in [6.45, 7) is 0.654. The van der Waals surface area contributed by atoms with Crippen LogP contribution in [-0.4, -0.2) is 14.2 Å². The van der Waals surface area contributed by atoms with Crippen LogP contribution < -0.4 is 14.8 Å². The maximum atomic E-state index is 6.25. The largest absolute Gasteiger partial charge is 0.493 e. The first kappa shape index (κ1) is 16.5. The molecule has 0 amide bonds. The number of benzene rings is 2. The standard InChI is InChI=1S/C15H14Br2ClNO2/c1-20-14-6-12(18)13(7-15(14)21-2)19-8-9-3-4-10(16)11(17)5-9/h3-7,19H,8H2,1-2H3. The molecular formula is C15H14Br2ClNO2. The van der Waals surface area contributed by atoms with Crippen LogP contribution in [0.2, 0.25) is 5.02 Å². The Labute approximate surface area is 145 Å². The molecule has 3 nitrogen and oxygen atoms in total. The molecule has 0 heterocycles. The van der Waals surface area contributed by atoms with E-state index in [-0.39, 0.29) is 0 Å². The summed E-state index contributed by atoms with van der Waals surface area (Å²) in [4.78, 5) is 0. The van der Waals surface area contributed by atoms with Gasteiger partial charge in [0.1, 0.15) is 0 Å². The first-order valence-electron chi connectivity index (χ1n) is 6.14. The van der Waals surface area contributed by atoms with E-state index in [0.717, 1.165) is 20.2 Å². The van der Waals surface area contributed by atoms with Crippen molar-refractivity contribution in [3.05, 3.63) is 49.9 Å². The topological polar surface area (TPSA) is 30.5 Å². The minimum absolute atomic E-state index is 0.587.